The van der Waals surface area contributed by atoms with Crippen molar-refractivity contribution in [2.75, 3.05) is 11.9 Å². The zero-order valence-electron chi connectivity index (χ0n) is 18.6. The number of esters is 1. The number of carbonyl (C=O) groups is 3. The lowest BCUT2D eigenvalue weighted by molar-refractivity contribution is -0.123. The van der Waals surface area contributed by atoms with Gasteiger partial charge in [-0.15, -0.1) is 0 Å². The van der Waals surface area contributed by atoms with Crippen molar-refractivity contribution >= 4 is 34.4 Å². The van der Waals surface area contributed by atoms with Gasteiger partial charge in [-0.05, 0) is 44.2 Å². The van der Waals surface area contributed by atoms with Crippen LogP contribution in [0.3, 0.4) is 0 Å². The lowest BCUT2D eigenvalue weighted by Crippen LogP contribution is -2.27. The fourth-order valence-corrected chi connectivity index (χ4v) is 3.08. The molecule has 0 aliphatic heterocycles. The number of anilines is 1. The second-order valence-corrected chi connectivity index (χ2v) is 8.50. The number of aryl methyl sites for hydroxylation is 3. The second-order valence-electron chi connectivity index (χ2n) is 8.50. The Bertz CT molecular complexity index is 1170. The minimum atomic E-state index is -0.603. The summed E-state index contributed by atoms with van der Waals surface area (Å²) < 4.78 is 6.90. The van der Waals surface area contributed by atoms with Gasteiger partial charge in [-0.1, -0.05) is 20.8 Å². The van der Waals surface area contributed by atoms with E-state index in [0.717, 1.165) is 0 Å². The molecule has 0 unspecified atom stereocenters. The van der Waals surface area contributed by atoms with Gasteiger partial charge in [-0.2, -0.15) is 5.10 Å². The van der Waals surface area contributed by atoms with Gasteiger partial charge in [0.25, 0.3) is 0 Å². The third-order valence-electron chi connectivity index (χ3n) is 4.80. The topological polar surface area (TPSA) is 103 Å². The Labute approximate surface area is 180 Å². The number of amides is 1. The number of rotatable bonds is 5. The van der Waals surface area contributed by atoms with E-state index in [1.165, 1.54) is 0 Å². The second kappa shape index (κ2) is 8.29. The number of ether oxygens (including phenoxy) is 1. The zero-order chi connectivity index (χ0) is 22.9. The maximum absolute atomic E-state index is 12.7. The quantitative estimate of drug-likeness (QED) is 0.498. The highest BCUT2D eigenvalue weighted by Gasteiger charge is 2.22. The summed E-state index contributed by atoms with van der Waals surface area (Å²) in [4.78, 5) is 41.7. The number of benzene rings is 1. The van der Waals surface area contributed by atoms with E-state index in [4.69, 9.17) is 4.74 Å². The van der Waals surface area contributed by atoms with E-state index < -0.39 is 18.0 Å². The smallest absolute Gasteiger partial charge is 0.339 e. The Balaban J connectivity index is 1.69. The van der Waals surface area contributed by atoms with Crippen LogP contribution in [-0.2, 0) is 16.6 Å². The predicted octanol–water partition coefficient (Wildman–Crippen LogP) is 3.61. The summed E-state index contributed by atoms with van der Waals surface area (Å²) in [6, 6.07) is 8.11. The largest absolute Gasteiger partial charge is 0.454 e. The maximum Gasteiger partial charge on any atom is 0.339 e. The Morgan fingerprint density at radius 2 is 1.74 bits per heavy atom. The van der Waals surface area contributed by atoms with E-state index in [1.807, 2.05) is 20.8 Å². The van der Waals surface area contributed by atoms with Crippen LogP contribution in [0, 0.1) is 19.3 Å². The predicted molar refractivity (Wildman–Crippen MR) is 117 cm³/mol. The van der Waals surface area contributed by atoms with E-state index in [-0.39, 0.29) is 11.7 Å². The molecule has 0 fully saturated rings. The first-order valence-electron chi connectivity index (χ1n) is 9.90. The number of fused-ring (bicyclic) bond motifs is 1. The first-order chi connectivity index (χ1) is 14.5. The third kappa shape index (κ3) is 4.79. The van der Waals surface area contributed by atoms with Crippen LogP contribution >= 0.6 is 0 Å². The SMILES string of the molecule is Cc1cc(C(=O)OCC(=O)c2ccc(NC(=O)C(C)(C)C)cc2)c2c(C)nn(C)c2n1. The molecular formula is C23H26N4O4. The van der Waals surface area contributed by atoms with Crippen LogP contribution < -0.4 is 5.32 Å². The van der Waals surface area contributed by atoms with Crippen molar-refractivity contribution in [1.29, 1.82) is 0 Å². The average molecular weight is 422 g/mol. The molecule has 1 amide bonds. The van der Waals surface area contributed by atoms with Gasteiger partial charge in [-0.3, -0.25) is 14.3 Å². The number of ketones is 1. The Morgan fingerprint density at radius 3 is 2.35 bits per heavy atom. The monoisotopic (exact) mass is 422 g/mol. The van der Waals surface area contributed by atoms with Crippen LogP contribution in [0.15, 0.2) is 30.3 Å². The number of nitrogens with one attached hydrogen (secondary N) is 1. The number of Topliss-reactive ketones (excluding diaryl/α,β-unsaturated/α-hetero) is 1. The molecule has 3 rings (SSSR count). The van der Waals surface area contributed by atoms with Gasteiger partial charge >= 0.3 is 5.97 Å². The van der Waals surface area contributed by atoms with Crippen LogP contribution in [0.25, 0.3) is 11.0 Å². The van der Waals surface area contributed by atoms with Gasteiger partial charge in [0, 0.05) is 29.4 Å². The van der Waals surface area contributed by atoms with Gasteiger partial charge in [0.2, 0.25) is 5.91 Å². The van der Waals surface area contributed by atoms with E-state index in [9.17, 15) is 14.4 Å². The summed E-state index contributed by atoms with van der Waals surface area (Å²) in [6.45, 7) is 8.64. The number of carbonyl (C=O) groups excluding carboxylic acids is 3. The van der Waals surface area contributed by atoms with E-state index in [2.05, 4.69) is 15.4 Å². The molecule has 2 heterocycles. The summed E-state index contributed by atoms with van der Waals surface area (Å²) in [5.74, 6) is -1.06. The highest BCUT2D eigenvalue weighted by molar-refractivity contribution is 6.05. The van der Waals surface area contributed by atoms with Crippen LogP contribution in [0.4, 0.5) is 5.69 Å². The van der Waals surface area contributed by atoms with Crippen molar-refractivity contribution in [3.05, 3.63) is 52.8 Å². The number of pyridine rings is 1. The summed E-state index contributed by atoms with van der Waals surface area (Å²) in [5, 5.41) is 7.73. The van der Waals surface area contributed by atoms with Crippen molar-refractivity contribution in [1.82, 2.24) is 14.8 Å². The van der Waals surface area contributed by atoms with Crippen molar-refractivity contribution in [2.24, 2.45) is 12.5 Å². The average Bonchev–Trinajstić information content (AvgIpc) is 2.98. The van der Waals surface area contributed by atoms with Crippen molar-refractivity contribution in [2.45, 2.75) is 34.6 Å². The maximum atomic E-state index is 12.7. The molecule has 1 N–H and O–H groups in total. The Hall–Kier alpha value is -3.55. The molecule has 0 aliphatic carbocycles. The van der Waals surface area contributed by atoms with E-state index in [1.54, 1.807) is 55.9 Å². The van der Waals surface area contributed by atoms with Crippen LogP contribution in [-0.4, -0.2) is 39.0 Å². The van der Waals surface area contributed by atoms with Crippen LogP contribution in [0.5, 0.6) is 0 Å². The van der Waals surface area contributed by atoms with Crippen molar-refractivity contribution < 1.29 is 19.1 Å². The van der Waals surface area contributed by atoms with Crippen molar-refractivity contribution in [3.8, 4) is 0 Å². The molecule has 162 valence electrons. The molecule has 8 heteroatoms. The summed E-state index contributed by atoms with van der Waals surface area (Å²) >= 11 is 0. The van der Waals surface area contributed by atoms with Gasteiger partial charge < -0.3 is 10.1 Å². The summed E-state index contributed by atoms with van der Waals surface area (Å²) in [5.41, 5.74) is 2.69. The minimum absolute atomic E-state index is 0.120. The van der Waals surface area contributed by atoms with Gasteiger partial charge in [0.05, 0.1) is 16.6 Å². The lowest BCUT2D eigenvalue weighted by Gasteiger charge is -2.17. The first-order valence-corrected chi connectivity index (χ1v) is 9.90. The van der Waals surface area contributed by atoms with E-state index >= 15 is 0 Å². The first kappa shape index (κ1) is 22.1. The summed E-state index contributed by atoms with van der Waals surface area (Å²) in [6.07, 6.45) is 0. The fraction of sp³-hybridized carbons (Fsp3) is 0.348. The molecule has 0 saturated carbocycles. The zero-order valence-corrected chi connectivity index (χ0v) is 18.6. The lowest BCUT2D eigenvalue weighted by atomic mass is 9.95. The molecule has 1 aromatic carbocycles. The molecule has 3 aromatic rings. The normalized spacial score (nSPS) is 11.4. The molecule has 0 bridgehead atoms. The number of hydrogen-bond donors (Lipinski definition) is 1. The van der Waals surface area contributed by atoms with Crippen molar-refractivity contribution in [3.63, 3.8) is 0 Å². The Kier molecular flexibility index (Phi) is 5.92. The molecule has 8 nitrogen and oxygen atoms in total. The molecule has 0 aliphatic rings. The molecule has 0 atom stereocenters. The molecular weight excluding hydrogens is 396 g/mol. The molecule has 31 heavy (non-hydrogen) atoms. The minimum Gasteiger partial charge on any atom is -0.454 e. The highest BCUT2D eigenvalue weighted by atomic mass is 16.5. The number of nitrogens with zero attached hydrogens (tertiary/aromatic N) is 3. The molecule has 0 radical (unpaired) electrons. The molecule has 0 saturated heterocycles. The number of aromatic nitrogens is 3. The summed E-state index contributed by atoms with van der Waals surface area (Å²) in [7, 11) is 1.76. The fourth-order valence-electron chi connectivity index (χ4n) is 3.08. The highest BCUT2D eigenvalue weighted by Crippen LogP contribution is 2.22. The Morgan fingerprint density at radius 1 is 1.10 bits per heavy atom. The van der Waals surface area contributed by atoms with Gasteiger partial charge in [0.1, 0.15) is 0 Å². The van der Waals surface area contributed by atoms with Crippen LogP contribution in [0.2, 0.25) is 0 Å². The number of hydrogen-bond acceptors (Lipinski definition) is 6. The third-order valence-corrected chi connectivity index (χ3v) is 4.80. The molecule has 0 spiro atoms. The van der Waals surface area contributed by atoms with Gasteiger partial charge in [0.15, 0.2) is 18.0 Å². The standard InChI is InChI=1S/C23H26N4O4/c1-13-11-17(19-14(2)26-27(6)20(19)24-13)21(29)31-12-18(28)15-7-9-16(10-8-15)25-22(30)23(3,4)5/h7-11H,12H2,1-6H3,(H,25,30). The molecule has 2 aromatic heterocycles. The van der Waals surface area contributed by atoms with Gasteiger partial charge in [-0.25, -0.2) is 9.78 Å². The van der Waals surface area contributed by atoms with Crippen LogP contribution in [0.1, 0.15) is 52.9 Å². The van der Waals surface area contributed by atoms with E-state index in [0.29, 0.717) is 39.2 Å².